The fourth-order valence-corrected chi connectivity index (χ4v) is 2.37. The zero-order chi connectivity index (χ0) is 19.8. The molecule has 0 radical (unpaired) electrons. The minimum atomic E-state index is -3.45. The molecule has 1 amide bonds. The number of benzene rings is 1. The van der Waals surface area contributed by atoms with Gasteiger partial charge in [-0.25, -0.2) is 35.1 Å². The van der Waals surface area contributed by atoms with E-state index < -0.39 is 71.9 Å². The van der Waals surface area contributed by atoms with Crippen molar-refractivity contribution in [2.75, 3.05) is 12.1 Å². The van der Waals surface area contributed by atoms with Crippen LogP contribution in [0.25, 0.3) is 0 Å². The molecule has 144 valence electrons. The molecule has 0 bridgehead atoms. The average Bonchev–Trinajstić information content (AvgIpc) is 2.88. The quantitative estimate of drug-likeness (QED) is 0.551. The molecule has 1 aromatic rings. The Balaban J connectivity index is 2.49. The molecule has 0 aromatic heterocycles. The molecule has 0 saturated heterocycles. The van der Waals surface area contributed by atoms with E-state index in [-0.39, 0.29) is 11.1 Å². The number of halogens is 8. The van der Waals surface area contributed by atoms with Crippen LogP contribution in [-0.2, 0) is 9.53 Å². The van der Waals surface area contributed by atoms with E-state index in [9.17, 15) is 39.9 Å². The summed E-state index contributed by atoms with van der Waals surface area (Å²) in [7, 11) is 0.842. The predicted octanol–water partition coefficient (Wildman–Crippen LogP) is 3.50. The van der Waals surface area contributed by atoms with Crippen LogP contribution in [0.4, 0.5) is 40.8 Å². The van der Waals surface area contributed by atoms with Crippen LogP contribution in [0.1, 0.15) is 6.42 Å². The Hall–Kier alpha value is -2.24. The normalized spacial score (nSPS) is 18.9. The largest absolute Gasteiger partial charge is 0.375 e. The maximum Gasteiger partial charge on any atom is 0.279 e. The molecule has 2 atom stereocenters. The van der Waals surface area contributed by atoms with Gasteiger partial charge < -0.3 is 4.74 Å². The Bertz CT molecular complexity index is 714. The number of methoxy groups -OCH3 is 1. The molecule has 12 heteroatoms. The van der Waals surface area contributed by atoms with Crippen molar-refractivity contribution in [2.24, 2.45) is 11.0 Å². The lowest BCUT2D eigenvalue weighted by atomic mass is 9.96. The van der Waals surface area contributed by atoms with Gasteiger partial charge >= 0.3 is 0 Å². The molecule has 0 aliphatic carbocycles. The van der Waals surface area contributed by atoms with Crippen molar-refractivity contribution in [1.29, 1.82) is 0 Å². The van der Waals surface area contributed by atoms with Gasteiger partial charge in [0.15, 0.2) is 23.3 Å². The van der Waals surface area contributed by atoms with Crippen molar-refractivity contribution in [3.05, 3.63) is 29.3 Å². The summed E-state index contributed by atoms with van der Waals surface area (Å²) < 4.78 is 110. The number of anilines is 1. The van der Waals surface area contributed by atoms with Gasteiger partial charge in [-0.2, -0.15) is 10.1 Å². The third-order valence-corrected chi connectivity index (χ3v) is 3.66. The Kier molecular flexibility index (Phi) is 5.84. The van der Waals surface area contributed by atoms with Crippen LogP contribution >= 0.6 is 0 Å². The lowest BCUT2D eigenvalue weighted by Gasteiger charge is -2.20. The molecular formula is C14H10F8N2O2. The Morgan fingerprint density at radius 1 is 1.12 bits per heavy atom. The van der Waals surface area contributed by atoms with Crippen molar-refractivity contribution < 1.29 is 44.7 Å². The van der Waals surface area contributed by atoms with Crippen LogP contribution in [0.15, 0.2) is 11.2 Å². The van der Waals surface area contributed by atoms with E-state index >= 15 is 0 Å². The number of rotatable bonds is 6. The SMILES string of the molecule is COC(CC1C(=O)N(c2c(F)c(F)cc(F)c2F)N=C1C(F)F)C(F)F. The molecule has 26 heavy (non-hydrogen) atoms. The minimum Gasteiger partial charge on any atom is -0.375 e. The second-order valence-electron chi connectivity index (χ2n) is 5.19. The fraction of sp³-hybridized carbons (Fsp3) is 0.429. The molecule has 1 aliphatic heterocycles. The topological polar surface area (TPSA) is 41.9 Å². The van der Waals surface area contributed by atoms with E-state index in [1.54, 1.807) is 0 Å². The zero-order valence-electron chi connectivity index (χ0n) is 12.8. The molecular weight excluding hydrogens is 380 g/mol. The van der Waals surface area contributed by atoms with Gasteiger partial charge in [-0.3, -0.25) is 4.79 Å². The lowest BCUT2D eigenvalue weighted by Crippen LogP contribution is -2.35. The Morgan fingerprint density at radius 3 is 2.08 bits per heavy atom. The summed E-state index contributed by atoms with van der Waals surface area (Å²) in [6.07, 6.45) is -9.53. The first-order valence-electron chi connectivity index (χ1n) is 6.94. The highest BCUT2D eigenvalue weighted by Gasteiger charge is 2.45. The molecule has 1 aliphatic rings. The highest BCUT2D eigenvalue weighted by Crippen LogP contribution is 2.35. The van der Waals surface area contributed by atoms with Crippen molar-refractivity contribution in [1.82, 2.24) is 0 Å². The molecule has 0 fully saturated rings. The van der Waals surface area contributed by atoms with Gasteiger partial charge in [-0.15, -0.1) is 0 Å². The monoisotopic (exact) mass is 390 g/mol. The van der Waals surface area contributed by atoms with Crippen LogP contribution in [0, 0.1) is 29.2 Å². The van der Waals surface area contributed by atoms with Gasteiger partial charge in [0.05, 0.1) is 5.92 Å². The van der Waals surface area contributed by atoms with Crippen LogP contribution in [-0.4, -0.2) is 37.7 Å². The summed E-state index contributed by atoms with van der Waals surface area (Å²) in [4.78, 5) is 12.2. The fourth-order valence-electron chi connectivity index (χ4n) is 2.37. The zero-order valence-corrected chi connectivity index (χ0v) is 12.8. The summed E-state index contributed by atoms with van der Waals surface area (Å²) in [6, 6.07) is -0.151. The van der Waals surface area contributed by atoms with Gasteiger partial charge in [0.1, 0.15) is 17.5 Å². The van der Waals surface area contributed by atoms with E-state index in [2.05, 4.69) is 9.84 Å². The van der Waals surface area contributed by atoms with Gasteiger partial charge in [-0.05, 0) is 6.42 Å². The second-order valence-corrected chi connectivity index (χ2v) is 5.19. The van der Waals surface area contributed by atoms with Gasteiger partial charge in [-0.1, -0.05) is 0 Å². The van der Waals surface area contributed by atoms with Gasteiger partial charge in [0.2, 0.25) is 0 Å². The highest BCUT2D eigenvalue weighted by atomic mass is 19.3. The van der Waals surface area contributed by atoms with Gasteiger partial charge in [0.25, 0.3) is 18.8 Å². The van der Waals surface area contributed by atoms with Crippen LogP contribution in [0.2, 0.25) is 0 Å². The predicted molar refractivity (Wildman–Crippen MR) is 72.1 cm³/mol. The number of nitrogens with zero attached hydrogens (tertiary/aromatic N) is 2. The third kappa shape index (κ3) is 3.50. The molecule has 0 N–H and O–H groups in total. The minimum absolute atomic E-state index is 0.151. The van der Waals surface area contributed by atoms with E-state index in [0.29, 0.717) is 0 Å². The van der Waals surface area contributed by atoms with Crippen molar-refractivity contribution in [3.8, 4) is 0 Å². The van der Waals surface area contributed by atoms with Crippen molar-refractivity contribution in [3.63, 3.8) is 0 Å². The second kappa shape index (κ2) is 7.56. The third-order valence-electron chi connectivity index (χ3n) is 3.66. The number of carbonyl (C=O) groups excluding carboxylic acids is 1. The number of hydrazone groups is 1. The van der Waals surface area contributed by atoms with E-state index in [4.69, 9.17) is 0 Å². The summed E-state index contributed by atoms with van der Waals surface area (Å²) >= 11 is 0. The highest BCUT2D eigenvalue weighted by molar-refractivity contribution is 6.16. The summed E-state index contributed by atoms with van der Waals surface area (Å²) in [5, 5.41) is 2.72. The van der Waals surface area contributed by atoms with Crippen LogP contribution in [0.5, 0.6) is 0 Å². The van der Waals surface area contributed by atoms with Crippen molar-refractivity contribution >= 4 is 17.3 Å². The smallest absolute Gasteiger partial charge is 0.279 e. The number of carbonyl (C=O) groups is 1. The van der Waals surface area contributed by atoms with Crippen LogP contribution in [0.3, 0.4) is 0 Å². The molecule has 0 spiro atoms. The van der Waals surface area contributed by atoms with E-state index in [1.807, 2.05) is 0 Å². The first-order chi connectivity index (χ1) is 12.1. The van der Waals surface area contributed by atoms with E-state index in [1.165, 1.54) is 0 Å². The molecule has 2 unspecified atom stereocenters. The molecule has 2 rings (SSSR count). The molecule has 4 nitrogen and oxygen atoms in total. The number of hydrogen-bond donors (Lipinski definition) is 0. The average molecular weight is 390 g/mol. The lowest BCUT2D eigenvalue weighted by molar-refractivity contribution is -0.121. The summed E-state index contributed by atoms with van der Waals surface area (Å²) in [5.41, 5.74) is -2.93. The molecule has 1 heterocycles. The number of amides is 1. The molecule has 1 aromatic carbocycles. The van der Waals surface area contributed by atoms with E-state index in [0.717, 1.165) is 7.11 Å². The maximum atomic E-state index is 13.8. The molecule has 0 saturated carbocycles. The Labute approximate surface area is 141 Å². The summed E-state index contributed by atoms with van der Waals surface area (Å²) in [6.45, 7) is 0. The number of ether oxygens (including phenoxy) is 1. The summed E-state index contributed by atoms with van der Waals surface area (Å²) in [5.74, 6) is -11.5. The first-order valence-corrected chi connectivity index (χ1v) is 6.94. The number of hydrogen-bond acceptors (Lipinski definition) is 3. The maximum absolute atomic E-state index is 13.8. The van der Waals surface area contributed by atoms with Crippen LogP contribution < -0.4 is 5.01 Å². The first kappa shape index (κ1) is 20.1. The number of alkyl halides is 4. The van der Waals surface area contributed by atoms with Crippen molar-refractivity contribution in [2.45, 2.75) is 25.4 Å². The standard InChI is InChI=1S/C14H10F8N2O2/c1-26-7(12(19)20)2-4-10(13(21)22)23-24(14(4)25)11-8(17)5(15)3-6(16)9(11)18/h3-4,7,12-13H,2H2,1H3. The van der Waals surface area contributed by atoms with Gasteiger partial charge in [0, 0.05) is 13.2 Å². The Morgan fingerprint density at radius 2 is 1.65 bits per heavy atom.